The predicted molar refractivity (Wildman–Crippen MR) is 120 cm³/mol. The second-order valence-electron chi connectivity index (χ2n) is 7.00. The molecule has 31 heavy (non-hydrogen) atoms. The highest BCUT2D eigenvalue weighted by Gasteiger charge is 2.13. The van der Waals surface area contributed by atoms with Crippen LogP contribution in [0.3, 0.4) is 0 Å². The van der Waals surface area contributed by atoms with E-state index in [9.17, 15) is 8.42 Å². The third-order valence-electron chi connectivity index (χ3n) is 4.57. The third-order valence-corrected chi connectivity index (χ3v) is 5.41. The number of anilines is 4. The van der Waals surface area contributed by atoms with Crippen LogP contribution in [0.2, 0.25) is 5.02 Å². The van der Waals surface area contributed by atoms with E-state index in [1.807, 2.05) is 6.07 Å². The lowest BCUT2D eigenvalue weighted by Crippen LogP contribution is -2.23. The zero-order valence-electron chi connectivity index (χ0n) is 16.7. The molecule has 0 aliphatic carbocycles. The molecule has 4 rings (SSSR count). The summed E-state index contributed by atoms with van der Waals surface area (Å²) in [7, 11) is -3.48. The van der Waals surface area contributed by atoms with Crippen molar-refractivity contribution in [3.05, 3.63) is 58.6 Å². The van der Waals surface area contributed by atoms with Crippen LogP contribution in [0.1, 0.15) is 16.8 Å². The first kappa shape index (κ1) is 21.2. The van der Waals surface area contributed by atoms with Crippen molar-refractivity contribution in [1.82, 2.24) is 25.3 Å². The molecular weight excluding hydrogens is 440 g/mol. The first-order valence-corrected chi connectivity index (χ1v) is 11.8. The standard InChI is InChI=1S/C19H21ClN8O2S/c1-31(29,30)28-18-16(22-6-7-23-18)11-24-17-15(20)10-25-19(27-17)26-14-3-2-13-9-21-5-4-12(13)8-14/h2-3,6-8,10,21H,4-5,9,11H2,1H3,(H,23,28)(H2,24,25,26,27). The first-order chi connectivity index (χ1) is 14.9. The average molecular weight is 461 g/mol. The Morgan fingerprint density at radius 3 is 2.81 bits per heavy atom. The van der Waals surface area contributed by atoms with Gasteiger partial charge in [-0.25, -0.2) is 18.4 Å². The molecule has 0 radical (unpaired) electrons. The number of nitrogens with one attached hydrogen (secondary N) is 4. The molecule has 1 aromatic carbocycles. The number of hydrogen-bond acceptors (Lipinski definition) is 9. The minimum atomic E-state index is -3.48. The van der Waals surface area contributed by atoms with Gasteiger partial charge in [0.05, 0.1) is 19.0 Å². The van der Waals surface area contributed by atoms with Crippen molar-refractivity contribution in [2.75, 3.05) is 28.2 Å². The second-order valence-corrected chi connectivity index (χ2v) is 9.16. The smallest absolute Gasteiger partial charge is 0.231 e. The molecule has 1 aliphatic heterocycles. The van der Waals surface area contributed by atoms with Crippen LogP contribution in [-0.2, 0) is 29.5 Å². The van der Waals surface area contributed by atoms with Crippen LogP contribution in [0.15, 0.2) is 36.8 Å². The van der Waals surface area contributed by atoms with E-state index in [1.165, 1.54) is 29.7 Å². The van der Waals surface area contributed by atoms with Gasteiger partial charge < -0.3 is 16.0 Å². The third kappa shape index (κ3) is 5.57. The number of aromatic nitrogens is 4. The molecular formula is C19H21ClN8O2S. The Bertz CT molecular complexity index is 1210. The number of sulfonamides is 1. The summed E-state index contributed by atoms with van der Waals surface area (Å²) >= 11 is 6.24. The molecule has 0 atom stereocenters. The Balaban J connectivity index is 1.49. The Morgan fingerprint density at radius 1 is 1.13 bits per heavy atom. The molecule has 0 saturated carbocycles. The van der Waals surface area contributed by atoms with E-state index in [-0.39, 0.29) is 12.4 Å². The Morgan fingerprint density at radius 2 is 1.97 bits per heavy atom. The van der Waals surface area contributed by atoms with Gasteiger partial charge in [-0.3, -0.25) is 9.71 Å². The van der Waals surface area contributed by atoms with Gasteiger partial charge in [0.2, 0.25) is 16.0 Å². The summed E-state index contributed by atoms with van der Waals surface area (Å²) in [5, 5.41) is 9.94. The molecule has 0 fully saturated rings. The van der Waals surface area contributed by atoms with Crippen molar-refractivity contribution >= 4 is 44.9 Å². The fourth-order valence-electron chi connectivity index (χ4n) is 3.16. The minimum Gasteiger partial charge on any atom is -0.363 e. The highest BCUT2D eigenvalue weighted by molar-refractivity contribution is 7.92. The molecule has 0 bridgehead atoms. The van der Waals surface area contributed by atoms with Crippen molar-refractivity contribution in [3.63, 3.8) is 0 Å². The first-order valence-electron chi connectivity index (χ1n) is 9.51. The molecule has 12 heteroatoms. The maximum Gasteiger partial charge on any atom is 0.231 e. The molecule has 1 aliphatic rings. The molecule has 0 spiro atoms. The second kappa shape index (κ2) is 9.00. The Kier molecular flexibility index (Phi) is 6.16. The molecule has 0 amide bonds. The monoisotopic (exact) mass is 460 g/mol. The Labute approximate surface area is 185 Å². The topological polar surface area (TPSA) is 134 Å². The van der Waals surface area contributed by atoms with Gasteiger partial charge in [0.25, 0.3) is 0 Å². The Hall–Kier alpha value is -3.02. The number of nitrogens with zero attached hydrogens (tertiary/aromatic N) is 4. The summed E-state index contributed by atoms with van der Waals surface area (Å²) < 4.78 is 25.4. The molecule has 0 unspecified atom stereocenters. The van der Waals surface area contributed by atoms with E-state index in [0.717, 1.165) is 31.5 Å². The maximum absolute atomic E-state index is 11.5. The number of hydrogen-bond donors (Lipinski definition) is 4. The quantitative estimate of drug-likeness (QED) is 0.419. The van der Waals surface area contributed by atoms with Gasteiger partial charge in [0.1, 0.15) is 10.7 Å². The lowest BCUT2D eigenvalue weighted by atomic mass is 10.0. The molecule has 162 valence electrons. The van der Waals surface area contributed by atoms with Crippen LogP contribution in [0.5, 0.6) is 0 Å². The van der Waals surface area contributed by atoms with Crippen LogP contribution >= 0.6 is 11.6 Å². The van der Waals surface area contributed by atoms with Crippen LogP contribution in [0.4, 0.5) is 23.3 Å². The number of rotatable bonds is 7. The zero-order chi connectivity index (χ0) is 21.8. The molecule has 4 N–H and O–H groups in total. The highest BCUT2D eigenvalue weighted by atomic mass is 35.5. The van der Waals surface area contributed by atoms with Gasteiger partial charge in [-0.15, -0.1) is 0 Å². The molecule has 10 nitrogen and oxygen atoms in total. The summed E-state index contributed by atoms with van der Waals surface area (Å²) in [5.74, 6) is 0.913. The zero-order valence-corrected chi connectivity index (χ0v) is 18.3. The van der Waals surface area contributed by atoms with Crippen LogP contribution < -0.4 is 20.7 Å². The van der Waals surface area contributed by atoms with Crippen LogP contribution in [0, 0.1) is 0 Å². The SMILES string of the molecule is CS(=O)(=O)Nc1nccnc1CNc1nc(Nc2ccc3c(c2)CCNC3)ncc1Cl. The fraction of sp³-hybridized carbons (Fsp3) is 0.263. The van der Waals surface area contributed by atoms with Gasteiger partial charge in [0.15, 0.2) is 11.6 Å². The van der Waals surface area contributed by atoms with Crippen molar-refractivity contribution in [1.29, 1.82) is 0 Å². The highest BCUT2D eigenvalue weighted by Crippen LogP contribution is 2.24. The van der Waals surface area contributed by atoms with Gasteiger partial charge in [-0.05, 0) is 36.2 Å². The lowest BCUT2D eigenvalue weighted by Gasteiger charge is -2.18. The van der Waals surface area contributed by atoms with Gasteiger partial charge in [-0.2, -0.15) is 4.98 Å². The molecule has 3 heterocycles. The summed E-state index contributed by atoms with van der Waals surface area (Å²) in [6.45, 7) is 1.99. The summed E-state index contributed by atoms with van der Waals surface area (Å²) in [6, 6.07) is 6.17. The van der Waals surface area contributed by atoms with Crippen molar-refractivity contribution < 1.29 is 8.42 Å². The van der Waals surface area contributed by atoms with Crippen molar-refractivity contribution in [2.24, 2.45) is 0 Å². The predicted octanol–water partition coefficient (Wildman–Crippen LogP) is 2.29. The maximum atomic E-state index is 11.5. The van der Waals surface area contributed by atoms with E-state index in [2.05, 4.69) is 52.7 Å². The van der Waals surface area contributed by atoms with E-state index < -0.39 is 10.0 Å². The summed E-state index contributed by atoms with van der Waals surface area (Å²) in [6.07, 6.45) is 6.40. The lowest BCUT2D eigenvalue weighted by molar-refractivity contribution is 0.606. The summed E-state index contributed by atoms with van der Waals surface area (Å²) in [4.78, 5) is 16.9. The van der Waals surface area contributed by atoms with Gasteiger partial charge in [0, 0.05) is 24.6 Å². The van der Waals surface area contributed by atoms with E-state index in [4.69, 9.17) is 11.6 Å². The fourth-order valence-corrected chi connectivity index (χ4v) is 3.84. The van der Waals surface area contributed by atoms with Crippen LogP contribution in [0.25, 0.3) is 0 Å². The normalized spacial score (nSPS) is 13.4. The van der Waals surface area contributed by atoms with E-state index in [1.54, 1.807) is 0 Å². The number of fused-ring (bicyclic) bond motifs is 1. The van der Waals surface area contributed by atoms with Gasteiger partial charge in [-0.1, -0.05) is 17.7 Å². The molecule has 2 aromatic heterocycles. The minimum absolute atomic E-state index is 0.143. The molecule has 3 aromatic rings. The number of benzene rings is 1. The van der Waals surface area contributed by atoms with Crippen molar-refractivity contribution in [3.8, 4) is 0 Å². The van der Waals surface area contributed by atoms with Crippen LogP contribution in [-0.4, -0.2) is 41.2 Å². The van der Waals surface area contributed by atoms with E-state index >= 15 is 0 Å². The molecule has 0 saturated heterocycles. The summed E-state index contributed by atoms with van der Waals surface area (Å²) in [5.41, 5.74) is 3.88. The van der Waals surface area contributed by atoms with Crippen molar-refractivity contribution in [2.45, 2.75) is 19.5 Å². The number of halogens is 1. The average Bonchev–Trinajstić information content (AvgIpc) is 2.74. The largest absolute Gasteiger partial charge is 0.363 e. The van der Waals surface area contributed by atoms with Gasteiger partial charge >= 0.3 is 0 Å². The van der Waals surface area contributed by atoms with E-state index in [0.29, 0.717) is 22.5 Å².